The van der Waals surface area contributed by atoms with Gasteiger partial charge in [0.05, 0.1) is 5.22 Å². The molecule has 1 aliphatic rings. The molecule has 0 saturated heterocycles. The summed E-state index contributed by atoms with van der Waals surface area (Å²) < 4.78 is 0. The lowest BCUT2D eigenvalue weighted by Gasteiger charge is -2.08. The van der Waals surface area contributed by atoms with E-state index in [1.165, 1.54) is 0 Å². The smallest absolute Gasteiger partial charge is 0.151 e. The van der Waals surface area contributed by atoms with Crippen LogP contribution in [0.4, 0.5) is 0 Å². The fraction of sp³-hybridized carbons (Fsp3) is 0.200. The van der Waals surface area contributed by atoms with Gasteiger partial charge in [0.25, 0.3) is 0 Å². The molecule has 0 heterocycles. The highest BCUT2D eigenvalue weighted by molar-refractivity contribution is 5.48. The molecule has 0 saturated carbocycles. The molecule has 66 valence electrons. The molecule has 0 amide bonds. The molecule has 3 heteroatoms. The fourth-order valence-electron chi connectivity index (χ4n) is 1.44. The van der Waals surface area contributed by atoms with Crippen LogP contribution in [0.15, 0.2) is 12.1 Å². The van der Waals surface area contributed by atoms with Crippen molar-refractivity contribution in [1.29, 1.82) is 0 Å². The zero-order valence-electron chi connectivity index (χ0n) is 6.87. The third-order valence-corrected chi connectivity index (χ3v) is 2.09. The van der Waals surface area contributed by atoms with E-state index in [-0.39, 0.29) is 5.76 Å². The predicted octanol–water partition coefficient (Wildman–Crippen LogP) is 0.345. The highest BCUT2D eigenvalue weighted by atomic mass is 17.1. The minimum absolute atomic E-state index is 0.271. The molecule has 0 spiro atoms. The van der Waals surface area contributed by atoms with Crippen molar-refractivity contribution in [3.8, 4) is 0 Å². The maximum absolute atomic E-state index is 9.49. The molecule has 3 nitrogen and oxygen atoms in total. The van der Waals surface area contributed by atoms with Gasteiger partial charge in [-0.1, -0.05) is 12.1 Å². The second-order valence-electron chi connectivity index (χ2n) is 2.85. The van der Waals surface area contributed by atoms with Gasteiger partial charge in [0.15, 0.2) is 5.76 Å². The first-order valence-corrected chi connectivity index (χ1v) is 3.98. The predicted molar refractivity (Wildman–Crippen MR) is 45.8 cm³/mol. The summed E-state index contributed by atoms with van der Waals surface area (Å²) in [6.07, 6.45) is 0.977. The minimum atomic E-state index is 0.271. The highest BCUT2D eigenvalue weighted by Crippen LogP contribution is 2.11. The number of aliphatic hydroxyl groups excluding tert-OH is 1. The summed E-state index contributed by atoms with van der Waals surface area (Å²) in [7, 11) is 0. The standard InChI is InChI=1S/C10H8O3/c11-9-5-6-10(13-12)8-4-2-1-3-7(8)9/h2,4,11-12H,5-6H2. The van der Waals surface area contributed by atoms with E-state index in [1.807, 2.05) is 0 Å². The van der Waals surface area contributed by atoms with E-state index in [1.54, 1.807) is 12.1 Å². The monoisotopic (exact) mass is 176 g/mol. The van der Waals surface area contributed by atoms with E-state index in [9.17, 15) is 5.11 Å². The Hall–Kier alpha value is -1.66. The summed E-state index contributed by atoms with van der Waals surface area (Å²) in [6, 6.07) is 8.91. The largest absolute Gasteiger partial charge is 0.511 e. The van der Waals surface area contributed by atoms with Gasteiger partial charge < -0.3 is 9.99 Å². The van der Waals surface area contributed by atoms with Crippen molar-refractivity contribution < 1.29 is 15.3 Å². The van der Waals surface area contributed by atoms with Gasteiger partial charge in [-0.15, -0.1) is 0 Å². The van der Waals surface area contributed by atoms with Crippen LogP contribution in [0.3, 0.4) is 0 Å². The Balaban J connectivity index is 2.86. The van der Waals surface area contributed by atoms with Crippen molar-refractivity contribution in [2.75, 3.05) is 0 Å². The van der Waals surface area contributed by atoms with Crippen LogP contribution in [-0.2, 0) is 4.89 Å². The second kappa shape index (κ2) is 3.00. The molecule has 0 bridgehead atoms. The summed E-state index contributed by atoms with van der Waals surface area (Å²) in [5.74, 6) is 0.741. The molecule has 0 atom stereocenters. The van der Waals surface area contributed by atoms with Crippen LogP contribution in [0.1, 0.15) is 12.8 Å². The number of rotatable bonds is 1. The second-order valence-corrected chi connectivity index (χ2v) is 2.85. The van der Waals surface area contributed by atoms with Gasteiger partial charge in [-0.25, -0.2) is 5.26 Å². The summed E-state index contributed by atoms with van der Waals surface area (Å²) in [4.78, 5) is 4.22. The summed E-state index contributed by atoms with van der Waals surface area (Å²) in [5, 5.41) is 19.3. The highest BCUT2D eigenvalue weighted by Gasteiger charge is 2.10. The van der Waals surface area contributed by atoms with Crippen LogP contribution in [0, 0.1) is 12.1 Å². The average molecular weight is 176 g/mol. The number of hydrogen-bond acceptors (Lipinski definition) is 3. The third-order valence-electron chi connectivity index (χ3n) is 2.09. The van der Waals surface area contributed by atoms with Gasteiger partial charge in [0.2, 0.25) is 0 Å². The van der Waals surface area contributed by atoms with Crippen LogP contribution >= 0.6 is 0 Å². The summed E-state index contributed by atoms with van der Waals surface area (Å²) in [6.45, 7) is 0. The molecule has 2 N–H and O–H groups in total. The molecule has 0 aliphatic heterocycles. The molecule has 0 unspecified atom stereocenters. The van der Waals surface area contributed by atoms with Gasteiger partial charge in [-0.05, 0) is 12.1 Å². The van der Waals surface area contributed by atoms with E-state index < -0.39 is 0 Å². The van der Waals surface area contributed by atoms with E-state index in [2.05, 4.69) is 17.0 Å². The van der Waals surface area contributed by atoms with Crippen molar-refractivity contribution in [3.63, 3.8) is 0 Å². The first-order chi connectivity index (χ1) is 6.33. The van der Waals surface area contributed by atoms with Crippen molar-refractivity contribution in [2.45, 2.75) is 12.8 Å². The van der Waals surface area contributed by atoms with Gasteiger partial charge in [0, 0.05) is 18.1 Å². The van der Waals surface area contributed by atoms with Gasteiger partial charge in [-0.2, -0.15) is 0 Å². The molecular formula is C10H8O3. The van der Waals surface area contributed by atoms with Crippen LogP contribution in [-0.4, -0.2) is 10.4 Å². The Bertz CT molecular complexity index is 434. The Kier molecular flexibility index (Phi) is 1.84. The maximum atomic E-state index is 9.49. The Labute approximate surface area is 75.1 Å². The lowest BCUT2D eigenvalue weighted by Crippen LogP contribution is -2.31. The fourth-order valence-corrected chi connectivity index (χ4v) is 1.44. The summed E-state index contributed by atoms with van der Waals surface area (Å²) in [5.41, 5.74) is 0. The number of hydrogen-bond donors (Lipinski definition) is 2. The van der Waals surface area contributed by atoms with Crippen LogP contribution in [0.25, 0.3) is 11.5 Å². The molecular weight excluding hydrogens is 168 g/mol. The molecule has 0 aromatic heterocycles. The van der Waals surface area contributed by atoms with Gasteiger partial charge in [0.1, 0.15) is 5.76 Å². The van der Waals surface area contributed by atoms with E-state index >= 15 is 0 Å². The molecule has 0 fully saturated rings. The van der Waals surface area contributed by atoms with Crippen LogP contribution in [0.5, 0.6) is 0 Å². The van der Waals surface area contributed by atoms with Crippen molar-refractivity contribution in [1.82, 2.24) is 0 Å². The zero-order chi connectivity index (χ0) is 9.26. The lowest BCUT2D eigenvalue weighted by atomic mass is 10.1. The number of fused-ring (bicyclic) bond motifs is 1. The SMILES string of the molecule is OOC1=c2ccc#cc2=C(O)CC1. The third kappa shape index (κ3) is 1.21. The maximum Gasteiger partial charge on any atom is 0.151 e. The molecule has 1 aliphatic carbocycles. The summed E-state index contributed by atoms with van der Waals surface area (Å²) >= 11 is 0. The molecule has 1 aromatic rings. The van der Waals surface area contributed by atoms with Gasteiger partial charge >= 0.3 is 0 Å². The lowest BCUT2D eigenvalue weighted by molar-refractivity contribution is -0.175. The Morgan fingerprint density at radius 1 is 1.38 bits per heavy atom. The van der Waals surface area contributed by atoms with E-state index in [0.29, 0.717) is 29.0 Å². The molecule has 0 radical (unpaired) electrons. The molecule has 13 heavy (non-hydrogen) atoms. The van der Waals surface area contributed by atoms with Crippen LogP contribution in [0.2, 0.25) is 0 Å². The average Bonchev–Trinajstić information content (AvgIpc) is 2.19. The molecule has 2 rings (SSSR count). The van der Waals surface area contributed by atoms with Crippen molar-refractivity contribution in [3.05, 3.63) is 34.7 Å². The molecule has 1 aromatic carbocycles. The topological polar surface area (TPSA) is 49.7 Å². The van der Waals surface area contributed by atoms with Crippen LogP contribution < -0.4 is 10.4 Å². The Morgan fingerprint density at radius 2 is 2.23 bits per heavy atom. The van der Waals surface area contributed by atoms with Crippen molar-refractivity contribution in [2.24, 2.45) is 0 Å². The van der Waals surface area contributed by atoms with E-state index in [4.69, 9.17) is 5.26 Å². The minimum Gasteiger partial charge on any atom is -0.511 e. The van der Waals surface area contributed by atoms with Gasteiger partial charge in [-0.3, -0.25) is 0 Å². The normalized spacial score (nSPS) is 14.8. The first-order valence-electron chi connectivity index (χ1n) is 3.98. The Morgan fingerprint density at radius 3 is 3.00 bits per heavy atom. The zero-order valence-corrected chi connectivity index (χ0v) is 6.87. The van der Waals surface area contributed by atoms with E-state index in [0.717, 1.165) is 0 Å². The quantitative estimate of drug-likeness (QED) is 0.479. The van der Waals surface area contributed by atoms with Crippen molar-refractivity contribution >= 4 is 11.5 Å². The number of aliphatic hydroxyl groups is 1. The first kappa shape index (κ1) is 7.96.